The molecule has 40 valence electrons. The number of hydrogen-bond acceptors (Lipinski definition) is 4. The fourth-order valence-corrected chi connectivity index (χ4v) is 0. The van der Waals surface area contributed by atoms with Crippen molar-refractivity contribution in [3.8, 4) is 0 Å². The summed E-state index contributed by atoms with van der Waals surface area (Å²) in [4.78, 5) is 25.6. The second kappa shape index (κ2) is 19.6. The van der Waals surface area contributed by atoms with E-state index in [0.29, 0.717) is 0 Å². The van der Waals surface area contributed by atoms with Gasteiger partial charge in [-0.15, -0.1) is 0 Å². The molecule has 0 aliphatic carbocycles. The van der Waals surface area contributed by atoms with E-state index in [1.807, 2.05) is 0 Å². The summed E-state index contributed by atoms with van der Waals surface area (Å²) < 4.78 is 8.55. The quantitative estimate of drug-likeness (QED) is 0.310. The summed E-state index contributed by atoms with van der Waals surface area (Å²) in [6.45, 7) is 0. The molecule has 0 rings (SSSR count). The molecular formula is ClKNa3O4P. The van der Waals surface area contributed by atoms with Gasteiger partial charge >= 0.3 is 140 Å². The first-order chi connectivity index (χ1) is 2.00. The van der Waals surface area contributed by atoms with Gasteiger partial charge in [0, 0.05) is 0 Å². The van der Waals surface area contributed by atoms with E-state index in [1.165, 1.54) is 0 Å². The van der Waals surface area contributed by atoms with Crippen LogP contribution in [0.2, 0.25) is 0 Å². The van der Waals surface area contributed by atoms with Crippen molar-refractivity contribution in [2.75, 3.05) is 0 Å². The topological polar surface area (TPSA) is 86.2 Å². The SMILES string of the molecule is O=P([O-])([O-])[O-].[Cl-].[K+].[Na+].[Na+].[Na+]. The third-order valence-electron chi connectivity index (χ3n) is 0. The van der Waals surface area contributed by atoms with Gasteiger partial charge in [0.1, 0.15) is 0 Å². The maximum absolute atomic E-state index is 8.55. The van der Waals surface area contributed by atoms with Crippen molar-refractivity contribution in [1.82, 2.24) is 0 Å². The molecule has 0 heterocycles. The van der Waals surface area contributed by atoms with Crippen LogP contribution in [0.1, 0.15) is 0 Å². The minimum absolute atomic E-state index is 0. The van der Waals surface area contributed by atoms with Crippen LogP contribution in [0.3, 0.4) is 0 Å². The molecule has 0 atom stereocenters. The summed E-state index contributed by atoms with van der Waals surface area (Å²) in [5, 5.41) is 0. The average Bonchev–Trinajstić information content (AvgIpc) is 0.722. The summed E-state index contributed by atoms with van der Waals surface area (Å²) in [7, 11) is -5.39. The van der Waals surface area contributed by atoms with Gasteiger partial charge in [-0.05, 0) is 0 Å². The minimum atomic E-state index is -5.39. The van der Waals surface area contributed by atoms with Crippen LogP contribution in [0.4, 0.5) is 0 Å². The van der Waals surface area contributed by atoms with Crippen LogP contribution in [0.15, 0.2) is 0 Å². The summed E-state index contributed by atoms with van der Waals surface area (Å²) in [5.74, 6) is 0. The minimum Gasteiger partial charge on any atom is -1.00 e. The molecule has 4 nitrogen and oxygen atoms in total. The van der Waals surface area contributed by atoms with Crippen LogP contribution in [0.5, 0.6) is 0 Å². The Morgan fingerprint density at radius 1 is 0.900 bits per heavy atom. The van der Waals surface area contributed by atoms with E-state index in [-0.39, 0.29) is 152 Å². The third kappa shape index (κ3) is 74.5. The molecule has 0 aromatic heterocycles. The molecule has 0 aliphatic rings. The van der Waals surface area contributed by atoms with Crippen molar-refractivity contribution in [3.63, 3.8) is 0 Å². The molecule has 0 amide bonds. The molecule has 0 unspecified atom stereocenters. The van der Waals surface area contributed by atoms with Gasteiger partial charge in [-0.25, -0.2) is 0 Å². The Labute approximate surface area is 175 Å². The van der Waals surface area contributed by atoms with Gasteiger partial charge in [-0.2, -0.15) is 7.82 Å². The third-order valence-corrected chi connectivity index (χ3v) is 0. The van der Waals surface area contributed by atoms with Gasteiger partial charge in [0.2, 0.25) is 0 Å². The van der Waals surface area contributed by atoms with Gasteiger partial charge in [-0.1, -0.05) is 0 Å². The van der Waals surface area contributed by atoms with E-state index in [1.54, 1.807) is 0 Å². The molecule has 0 bridgehead atoms. The Balaban J connectivity index is -0.00000000800. The molecule has 0 aromatic carbocycles. The van der Waals surface area contributed by atoms with Crippen molar-refractivity contribution < 1.29 is 172 Å². The molecular weight excluding hydrogens is 238 g/mol. The number of rotatable bonds is 0. The van der Waals surface area contributed by atoms with Crippen molar-refractivity contribution in [2.24, 2.45) is 0 Å². The molecule has 0 aromatic rings. The second-order valence-corrected chi connectivity index (χ2v) is 1.34. The Morgan fingerprint density at radius 2 is 0.900 bits per heavy atom. The first-order valence-electron chi connectivity index (χ1n) is 0.730. The number of halogens is 1. The average molecular weight is 238 g/mol. The molecule has 0 spiro atoms. The molecule has 0 radical (unpaired) electrons. The van der Waals surface area contributed by atoms with Crippen molar-refractivity contribution >= 4 is 7.82 Å². The van der Waals surface area contributed by atoms with E-state index in [9.17, 15) is 0 Å². The Morgan fingerprint density at radius 3 is 0.900 bits per heavy atom. The van der Waals surface area contributed by atoms with Gasteiger partial charge < -0.3 is 31.7 Å². The summed E-state index contributed by atoms with van der Waals surface area (Å²) in [6.07, 6.45) is 0. The van der Waals surface area contributed by atoms with Crippen LogP contribution in [-0.2, 0) is 4.57 Å². The molecule has 0 fully saturated rings. The summed E-state index contributed by atoms with van der Waals surface area (Å²) >= 11 is 0. The van der Waals surface area contributed by atoms with Crippen LogP contribution >= 0.6 is 7.82 Å². The zero-order valence-electron chi connectivity index (χ0n) is 6.46. The van der Waals surface area contributed by atoms with E-state index in [0.717, 1.165) is 0 Å². The van der Waals surface area contributed by atoms with Crippen LogP contribution in [0.25, 0.3) is 0 Å². The van der Waals surface area contributed by atoms with Crippen molar-refractivity contribution in [2.45, 2.75) is 0 Å². The Bertz CT molecular complexity index is 66.6. The predicted molar refractivity (Wildman–Crippen MR) is 7.61 cm³/mol. The van der Waals surface area contributed by atoms with E-state index in [4.69, 9.17) is 19.2 Å². The molecule has 0 N–H and O–H groups in total. The zero-order valence-corrected chi connectivity index (χ0v) is 17.2. The molecule has 10 heavy (non-hydrogen) atoms. The smallest absolute Gasteiger partial charge is 1.00 e. The van der Waals surface area contributed by atoms with Gasteiger partial charge in [-0.3, -0.25) is 0 Å². The van der Waals surface area contributed by atoms with Crippen LogP contribution < -0.4 is 167 Å². The summed E-state index contributed by atoms with van der Waals surface area (Å²) in [6, 6.07) is 0. The molecule has 10 heteroatoms. The molecule has 0 saturated carbocycles. The Hall–Kier alpha value is 5.04. The number of phosphoric acid groups is 1. The van der Waals surface area contributed by atoms with Gasteiger partial charge in [0.15, 0.2) is 0 Å². The van der Waals surface area contributed by atoms with Crippen LogP contribution in [-0.4, -0.2) is 0 Å². The van der Waals surface area contributed by atoms with Crippen molar-refractivity contribution in [3.05, 3.63) is 0 Å². The van der Waals surface area contributed by atoms with Gasteiger partial charge in [0.05, 0.1) is 0 Å². The monoisotopic (exact) mass is 238 g/mol. The molecule has 0 aliphatic heterocycles. The van der Waals surface area contributed by atoms with E-state index in [2.05, 4.69) is 0 Å². The summed E-state index contributed by atoms with van der Waals surface area (Å²) in [5.41, 5.74) is 0. The Kier molecular flexibility index (Phi) is 71.1. The fourth-order valence-electron chi connectivity index (χ4n) is 0. The maximum atomic E-state index is 8.55. The zero-order chi connectivity index (χ0) is 4.50. The first kappa shape index (κ1) is 36.3. The predicted octanol–water partition coefficient (Wildman–Crippen LogP) is -17.8. The van der Waals surface area contributed by atoms with Crippen molar-refractivity contribution in [1.29, 1.82) is 0 Å². The normalized spacial score (nSPS) is 5.90. The van der Waals surface area contributed by atoms with E-state index < -0.39 is 7.82 Å². The fraction of sp³-hybridized carbons (Fsp3) is 0. The van der Waals surface area contributed by atoms with Gasteiger partial charge in [0.25, 0.3) is 0 Å². The first-order valence-corrected chi connectivity index (χ1v) is 2.19. The number of hydrogen-bond donors (Lipinski definition) is 0. The standard InChI is InChI=1S/ClH.K.3Na.H3O4P/c;;;;;1-5(2,3)4/h1H;;;;;(H3,1,2,3,4)/q;4*+1;/p-4. The van der Waals surface area contributed by atoms with Crippen LogP contribution in [0, 0.1) is 0 Å². The van der Waals surface area contributed by atoms with E-state index >= 15 is 0 Å². The maximum Gasteiger partial charge on any atom is 1.00 e. The second-order valence-electron chi connectivity index (χ2n) is 0.447. The molecule has 0 saturated heterocycles. The largest absolute Gasteiger partial charge is 1.00 e.